The monoisotopic (exact) mass is 304 g/mol. The van der Waals surface area contributed by atoms with E-state index in [1.165, 1.54) is 12.1 Å². The fraction of sp³-hybridized carbons (Fsp3) is 0.143. The number of nitriles is 2. The Morgan fingerprint density at radius 2 is 1.81 bits per heavy atom. The number of hydrogen-bond acceptors (Lipinski definition) is 5. The molecule has 1 heterocycles. The van der Waals surface area contributed by atoms with Crippen LogP contribution in [0.15, 0.2) is 18.2 Å². The first-order valence-electron chi connectivity index (χ1n) is 5.96. The molecule has 7 heteroatoms. The molecule has 2 rings (SSSR count). The molecule has 0 saturated carbocycles. The summed E-state index contributed by atoms with van der Waals surface area (Å²) in [7, 11) is 0. The van der Waals surface area contributed by atoms with E-state index in [0.29, 0.717) is 23.5 Å². The van der Waals surface area contributed by atoms with Gasteiger partial charge in [-0.2, -0.15) is 10.5 Å². The minimum absolute atomic E-state index is 0.157. The molecule has 2 aromatic rings. The Hall–Kier alpha value is -2.64. The van der Waals surface area contributed by atoms with Crippen LogP contribution in [0.25, 0.3) is 0 Å². The molecule has 0 aliphatic rings. The predicted molar refractivity (Wildman–Crippen MR) is 76.7 cm³/mol. The molecule has 0 radical (unpaired) electrons. The fourth-order valence-electron chi connectivity index (χ4n) is 1.84. The first kappa shape index (κ1) is 14.8. The summed E-state index contributed by atoms with van der Waals surface area (Å²) in [5.41, 5.74) is 6.56. The second-order valence-corrected chi connectivity index (χ2v) is 5.25. The molecule has 4 nitrogen and oxygen atoms in total. The van der Waals surface area contributed by atoms with Gasteiger partial charge in [0.2, 0.25) is 0 Å². The molecular formula is C14H10F2N4S. The summed E-state index contributed by atoms with van der Waals surface area (Å²) in [6, 6.07) is 7.16. The molecule has 0 saturated heterocycles. The van der Waals surface area contributed by atoms with Crippen LogP contribution >= 0.6 is 11.3 Å². The van der Waals surface area contributed by atoms with E-state index in [9.17, 15) is 8.78 Å². The van der Waals surface area contributed by atoms with Gasteiger partial charge in [0, 0.05) is 12.6 Å². The van der Waals surface area contributed by atoms with Gasteiger partial charge in [0.05, 0.1) is 5.69 Å². The number of nitrogen functional groups attached to an aromatic ring is 1. The van der Waals surface area contributed by atoms with Crippen LogP contribution in [0.2, 0.25) is 0 Å². The first-order chi connectivity index (χ1) is 10.0. The number of hydrogen-bond donors (Lipinski definition) is 2. The maximum absolute atomic E-state index is 13.0. The molecule has 0 bridgehead atoms. The number of nitrogens with two attached hydrogens (primary N) is 1. The summed E-state index contributed by atoms with van der Waals surface area (Å²) in [6.07, 6.45) is 0.374. The Bertz CT molecular complexity index is 735. The Balaban J connectivity index is 2.07. The third kappa shape index (κ3) is 3.28. The van der Waals surface area contributed by atoms with Crippen LogP contribution in [0.1, 0.15) is 16.0 Å². The molecule has 0 fully saturated rings. The lowest BCUT2D eigenvalue weighted by atomic mass is 10.1. The van der Waals surface area contributed by atoms with E-state index in [-0.39, 0.29) is 16.1 Å². The van der Waals surface area contributed by atoms with Crippen LogP contribution in [0.3, 0.4) is 0 Å². The SMILES string of the molecule is N#Cc1sc(NCCc2cc(F)cc(F)c2)c(C#N)c1N. The Morgan fingerprint density at radius 1 is 1.14 bits per heavy atom. The summed E-state index contributed by atoms with van der Waals surface area (Å²) in [6.45, 7) is 0.363. The van der Waals surface area contributed by atoms with Crippen molar-refractivity contribution in [2.24, 2.45) is 0 Å². The lowest BCUT2D eigenvalue weighted by Crippen LogP contribution is -2.05. The highest BCUT2D eigenvalue weighted by molar-refractivity contribution is 7.17. The first-order valence-corrected chi connectivity index (χ1v) is 6.78. The Labute approximate surface area is 124 Å². The summed E-state index contributed by atoms with van der Waals surface area (Å²) in [4.78, 5) is 0.269. The molecule has 0 amide bonds. The Morgan fingerprint density at radius 3 is 2.38 bits per heavy atom. The maximum Gasteiger partial charge on any atom is 0.131 e. The normalized spacial score (nSPS) is 9.90. The topological polar surface area (TPSA) is 85.6 Å². The van der Waals surface area contributed by atoms with Crippen LogP contribution < -0.4 is 11.1 Å². The summed E-state index contributed by atoms with van der Waals surface area (Å²) in [5, 5.41) is 21.4. The lowest BCUT2D eigenvalue weighted by Gasteiger charge is -2.05. The van der Waals surface area contributed by atoms with E-state index < -0.39 is 11.6 Å². The van der Waals surface area contributed by atoms with Crippen LogP contribution in [-0.2, 0) is 6.42 Å². The zero-order valence-corrected chi connectivity index (χ0v) is 11.6. The van der Waals surface area contributed by atoms with E-state index in [1.807, 2.05) is 12.1 Å². The van der Waals surface area contributed by atoms with Gasteiger partial charge < -0.3 is 11.1 Å². The molecule has 1 aromatic carbocycles. The average Bonchev–Trinajstić information content (AvgIpc) is 2.73. The van der Waals surface area contributed by atoms with Crippen LogP contribution in [0.4, 0.5) is 19.5 Å². The van der Waals surface area contributed by atoms with Crippen molar-refractivity contribution in [1.29, 1.82) is 10.5 Å². The zero-order chi connectivity index (χ0) is 15.4. The van der Waals surface area contributed by atoms with Crippen LogP contribution in [0.5, 0.6) is 0 Å². The molecule has 0 unspecified atom stereocenters. The van der Waals surface area contributed by atoms with Gasteiger partial charge in [-0.25, -0.2) is 8.78 Å². The molecule has 0 aliphatic carbocycles. The number of nitrogens with one attached hydrogen (secondary N) is 1. The van der Waals surface area contributed by atoms with Gasteiger partial charge in [0.25, 0.3) is 0 Å². The second-order valence-electron chi connectivity index (χ2n) is 4.23. The zero-order valence-electron chi connectivity index (χ0n) is 10.8. The quantitative estimate of drug-likeness (QED) is 0.909. The van der Waals surface area contributed by atoms with Crippen molar-refractivity contribution in [2.45, 2.75) is 6.42 Å². The third-order valence-electron chi connectivity index (χ3n) is 2.78. The number of benzene rings is 1. The standard InChI is InChI=1S/C14H10F2N4S/c15-9-3-8(4-10(16)5-9)1-2-20-14-11(6-17)13(19)12(7-18)21-14/h3-5,20H,1-2,19H2. The molecule has 0 aliphatic heterocycles. The number of nitrogens with zero attached hydrogens (tertiary/aromatic N) is 2. The van der Waals surface area contributed by atoms with E-state index >= 15 is 0 Å². The van der Waals surface area contributed by atoms with Gasteiger partial charge in [0.15, 0.2) is 0 Å². The number of halogens is 2. The molecule has 3 N–H and O–H groups in total. The van der Waals surface area contributed by atoms with E-state index in [2.05, 4.69) is 5.32 Å². The van der Waals surface area contributed by atoms with Gasteiger partial charge in [-0.15, -0.1) is 11.3 Å². The summed E-state index contributed by atoms with van der Waals surface area (Å²) in [5.74, 6) is -1.26. The van der Waals surface area contributed by atoms with E-state index in [0.717, 1.165) is 17.4 Å². The van der Waals surface area contributed by atoms with Gasteiger partial charge in [-0.05, 0) is 24.1 Å². The highest BCUT2D eigenvalue weighted by Gasteiger charge is 2.15. The van der Waals surface area contributed by atoms with Crippen LogP contribution in [-0.4, -0.2) is 6.54 Å². The van der Waals surface area contributed by atoms with Crippen molar-refractivity contribution >= 4 is 22.0 Å². The molecule has 106 valence electrons. The number of anilines is 2. The molecule has 21 heavy (non-hydrogen) atoms. The molecule has 0 spiro atoms. The van der Waals surface area contributed by atoms with Gasteiger partial charge in [0.1, 0.15) is 39.2 Å². The van der Waals surface area contributed by atoms with E-state index in [1.54, 1.807) is 0 Å². The summed E-state index contributed by atoms with van der Waals surface area (Å²) < 4.78 is 26.1. The van der Waals surface area contributed by atoms with Crippen molar-refractivity contribution in [1.82, 2.24) is 0 Å². The molecule has 1 aromatic heterocycles. The van der Waals surface area contributed by atoms with Crippen molar-refractivity contribution in [2.75, 3.05) is 17.6 Å². The predicted octanol–water partition coefficient (Wildman–Crippen LogP) is 3.01. The summed E-state index contributed by atoms with van der Waals surface area (Å²) >= 11 is 1.08. The smallest absolute Gasteiger partial charge is 0.131 e. The molecular weight excluding hydrogens is 294 g/mol. The Kier molecular flexibility index (Phi) is 4.36. The third-order valence-corrected chi connectivity index (χ3v) is 3.85. The minimum Gasteiger partial charge on any atom is -0.396 e. The van der Waals surface area contributed by atoms with Gasteiger partial charge in [-0.1, -0.05) is 0 Å². The van der Waals surface area contributed by atoms with Gasteiger partial charge in [-0.3, -0.25) is 0 Å². The van der Waals surface area contributed by atoms with Crippen molar-refractivity contribution in [3.05, 3.63) is 45.8 Å². The van der Waals surface area contributed by atoms with E-state index in [4.69, 9.17) is 16.3 Å². The van der Waals surface area contributed by atoms with Crippen molar-refractivity contribution in [3.63, 3.8) is 0 Å². The number of rotatable bonds is 4. The number of thiophene rings is 1. The minimum atomic E-state index is -0.630. The van der Waals surface area contributed by atoms with Crippen molar-refractivity contribution < 1.29 is 8.78 Å². The highest BCUT2D eigenvalue weighted by atomic mass is 32.1. The molecule has 0 atom stereocenters. The highest BCUT2D eigenvalue weighted by Crippen LogP contribution is 2.34. The second kappa shape index (κ2) is 6.21. The maximum atomic E-state index is 13.0. The fourth-order valence-corrected chi connectivity index (χ4v) is 2.73. The van der Waals surface area contributed by atoms with Crippen LogP contribution in [0, 0.1) is 34.3 Å². The van der Waals surface area contributed by atoms with Crippen molar-refractivity contribution in [3.8, 4) is 12.1 Å². The lowest BCUT2D eigenvalue weighted by molar-refractivity contribution is 0.580. The van der Waals surface area contributed by atoms with Gasteiger partial charge >= 0.3 is 0 Å². The average molecular weight is 304 g/mol. The largest absolute Gasteiger partial charge is 0.396 e.